The standard InChI is InChI=1S/C14H12O3/c1-10(14(15)16)9-17-13-8-4-6-11-5-2-3-7-12(11)13/h2-8H,1,9H2,(H,15,16). The van der Waals surface area contributed by atoms with Crippen LogP contribution >= 0.6 is 0 Å². The van der Waals surface area contributed by atoms with E-state index in [9.17, 15) is 4.79 Å². The summed E-state index contributed by atoms with van der Waals surface area (Å²) in [5, 5.41) is 10.7. The Labute approximate surface area is 99.0 Å². The van der Waals surface area contributed by atoms with Crippen molar-refractivity contribution < 1.29 is 14.6 Å². The third-order valence-electron chi connectivity index (χ3n) is 2.45. The number of rotatable bonds is 4. The van der Waals surface area contributed by atoms with E-state index in [-0.39, 0.29) is 12.2 Å². The second-order valence-electron chi connectivity index (χ2n) is 3.67. The minimum Gasteiger partial charge on any atom is -0.488 e. The minimum absolute atomic E-state index is 0.0106. The van der Waals surface area contributed by atoms with Gasteiger partial charge in [0.05, 0.1) is 5.57 Å². The Balaban J connectivity index is 2.24. The molecule has 0 radical (unpaired) electrons. The summed E-state index contributed by atoms with van der Waals surface area (Å²) in [4.78, 5) is 10.6. The lowest BCUT2D eigenvalue weighted by Crippen LogP contribution is -2.08. The van der Waals surface area contributed by atoms with Crippen molar-refractivity contribution in [3.8, 4) is 5.75 Å². The average molecular weight is 228 g/mol. The zero-order valence-electron chi connectivity index (χ0n) is 9.22. The van der Waals surface area contributed by atoms with Crippen molar-refractivity contribution in [2.24, 2.45) is 0 Å². The number of carboxylic acids is 1. The molecular formula is C14H12O3. The molecule has 0 unspecified atom stereocenters. The first kappa shape index (κ1) is 11.2. The predicted molar refractivity (Wildman–Crippen MR) is 66.2 cm³/mol. The highest BCUT2D eigenvalue weighted by Crippen LogP contribution is 2.25. The second kappa shape index (κ2) is 4.70. The molecule has 0 aromatic heterocycles. The topological polar surface area (TPSA) is 46.5 Å². The fourth-order valence-corrected chi connectivity index (χ4v) is 1.55. The van der Waals surface area contributed by atoms with Crippen LogP contribution in [0.15, 0.2) is 54.6 Å². The van der Waals surface area contributed by atoms with Crippen molar-refractivity contribution in [2.75, 3.05) is 6.61 Å². The van der Waals surface area contributed by atoms with E-state index in [1.54, 1.807) is 0 Å². The first-order valence-electron chi connectivity index (χ1n) is 5.20. The SMILES string of the molecule is C=C(COc1cccc2ccccc12)C(=O)O. The predicted octanol–water partition coefficient (Wildman–Crippen LogP) is 2.86. The van der Waals surface area contributed by atoms with Crippen LogP contribution in [0.25, 0.3) is 10.8 Å². The van der Waals surface area contributed by atoms with Crippen LogP contribution in [0.1, 0.15) is 0 Å². The van der Waals surface area contributed by atoms with Crippen LogP contribution in [0.3, 0.4) is 0 Å². The van der Waals surface area contributed by atoms with Crippen LogP contribution in [0.4, 0.5) is 0 Å². The third-order valence-corrected chi connectivity index (χ3v) is 2.45. The van der Waals surface area contributed by atoms with E-state index >= 15 is 0 Å². The normalized spacial score (nSPS) is 10.1. The fraction of sp³-hybridized carbons (Fsp3) is 0.0714. The van der Waals surface area contributed by atoms with Gasteiger partial charge in [0.1, 0.15) is 12.4 Å². The molecule has 0 saturated carbocycles. The largest absolute Gasteiger partial charge is 0.488 e. The monoisotopic (exact) mass is 228 g/mol. The second-order valence-corrected chi connectivity index (χ2v) is 3.67. The van der Waals surface area contributed by atoms with E-state index in [2.05, 4.69) is 6.58 Å². The Hall–Kier alpha value is -2.29. The van der Waals surface area contributed by atoms with Crippen molar-refractivity contribution >= 4 is 16.7 Å². The van der Waals surface area contributed by atoms with Gasteiger partial charge in [0, 0.05) is 5.39 Å². The van der Waals surface area contributed by atoms with Crippen LogP contribution in [0.2, 0.25) is 0 Å². The van der Waals surface area contributed by atoms with Crippen molar-refractivity contribution in [1.82, 2.24) is 0 Å². The lowest BCUT2D eigenvalue weighted by molar-refractivity contribution is -0.133. The smallest absolute Gasteiger partial charge is 0.334 e. The summed E-state index contributed by atoms with van der Waals surface area (Å²) >= 11 is 0. The number of fused-ring (bicyclic) bond motifs is 1. The number of carboxylic acid groups (broad SMARTS) is 1. The molecule has 0 fully saturated rings. The average Bonchev–Trinajstić information content (AvgIpc) is 2.35. The van der Waals surface area contributed by atoms with Crippen molar-refractivity contribution in [3.63, 3.8) is 0 Å². The van der Waals surface area contributed by atoms with Crippen LogP contribution in [0.5, 0.6) is 5.75 Å². The van der Waals surface area contributed by atoms with Gasteiger partial charge in [-0.25, -0.2) is 4.79 Å². The summed E-state index contributed by atoms with van der Waals surface area (Å²) in [5.74, 6) is -0.365. The fourth-order valence-electron chi connectivity index (χ4n) is 1.55. The van der Waals surface area contributed by atoms with Gasteiger partial charge in [-0.05, 0) is 11.5 Å². The maximum Gasteiger partial charge on any atom is 0.334 e. The van der Waals surface area contributed by atoms with Crippen LogP contribution in [-0.2, 0) is 4.79 Å². The molecule has 0 spiro atoms. The number of benzene rings is 2. The summed E-state index contributed by atoms with van der Waals surface area (Å²) in [6.07, 6.45) is 0. The van der Waals surface area contributed by atoms with Crippen LogP contribution < -0.4 is 4.74 Å². The molecule has 0 aliphatic rings. The molecule has 3 nitrogen and oxygen atoms in total. The van der Waals surface area contributed by atoms with Crippen molar-refractivity contribution in [2.45, 2.75) is 0 Å². The number of ether oxygens (including phenoxy) is 1. The molecule has 0 bridgehead atoms. The molecular weight excluding hydrogens is 216 g/mol. The van der Waals surface area contributed by atoms with Crippen LogP contribution in [0, 0.1) is 0 Å². The molecule has 2 aromatic rings. The zero-order chi connectivity index (χ0) is 12.3. The Morgan fingerprint density at radius 1 is 1.18 bits per heavy atom. The van der Waals surface area contributed by atoms with Gasteiger partial charge in [-0.2, -0.15) is 0 Å². The number of hydrogen-bond acceptors (Lipinski definition) is 2. The first-order valence-corrected chi connectivity index (χ1v) is 5.20. The molecule has 17 heavy (non-hydrogen) atoms. The van der Waals surface area contributed by atoms with Gasteiger partial charge in [0.25, 0.3) is 0 Å². The molecule has 0 atom stereocenters. The molecule has 2 rings (SSSR count). The van der Waals surface area contributed by atoms with Gasteiger partial charge < -0.3 is 9.84 Å². The Bertz CT molecular complexity index is 567. The van der Waals surface area contributed by atoms with E-state index in [1.807, 2.05) is 42.5 Å². The summed E-state index contributed by atoms with van der Waals surface area (Å²) in [5.41, 5.74) is 0.0398. The van der Waals surface area contributed by atoms with E-state index in [0.717, 1.165) is 10.8 Å². The molecule has 86 valence electrons. The molecule has 0 heterocycles. The van der Waals surface area contributed by atoms with Crippen molar-refractivity contribution in [3.05, 3.63) is 54.6 Å². The maximum atomic E-state index is 10.6. The molecule has 2 aromatic carbocycles. The van der Waals surface area contributed by atoms with E-state index in [4.69, 9.17) is 9.84 Å². The number of hydrogen-bond donors (Lipinski definition) is 1. The van der Waals surface area contributed by atoms with Gasteiger partial charge in [-0.3, -0.25) is 0 Å². The summed E-state index contributed by atoms with van der Waals surface area (Å²) in [6.45, 7) is 3.41. The quantitative estimate of drug-likeness (QED) is 0.818. The zero-order valence-corrected chi connectivity index (χ0v) is 9.22. The molecule has 1 N–H and O–H groups in total. The highest BCUT2D eigenvalue weighted by atomic mass is 16.5. The summed E-state index contributed by atoms with van der Waals surface area (Å²) in [7, 11) is 0. The van der Waals surface area contributed by atoms with E-state index in [1.165, 1.54) is 0 Å². The van der Waals surface area contributed by atoms with Gasteiger partial charge in [0.2, 0.25) is 0 Å². The Morgan fingerprint density at radius 3 is 2.65 bits per heavy atom. The van der Waals surface area contributed by atoms with Gasteiger partial charge in [-0.15, -0.1) is 0 Å². The molecule has 0 aliphatic carbocycles. The van der Waals surface area contributed by atoms with E-state index in [0.29, 0.717) is 5.75 Å². The Morgan fingerprint density at radius 2 is 1.88 bits per heavy atom. The van der Waals surface area contributed by atoms with Crippen LogP contribution in [-0.4, -0.2) is 17.7 Å². The lowest BCUT2D eigenvalue weighted by atomic mass is 10.1. The Kier molecular flexibility index (Phi) is 3.10. The highest BCUT2D eigenvalue weighted by Gasteiger charge is 2.06. The number of carbonyl (C=O) groups is 1. The van der Waals surface area contributed by atoms with E-state index < -0.39 is 5.97 Å². The van der Waals surface area contributed by atoms with Gasteiger partial charge in [0.15, 0.2) is 0 Å². The summed E-state index contributed by atoms with van der Waals surface area (Å²) < 4.78 is 5.46. The molecule has 0 amide bonds. The van der Waals surface area contributed by atoms with Gasteiger partial charge >= 0.3 is 5.97 Å². The van der Waals surface area contributed by atoms with Crippen molar-refractivity contribution in [1.29, 1.82) is 0 Å². The maximum absolute atomic E-state index is 10.6. The third kappa shape index (κ3) is 2.45. The summed E-state index contributed by atoms with van der Waals surface area (Å²) in [6, 6.07) is 13.5. The molecule has 3 heteroatoms. The highest BCUT2D eigenvalue weighted by molar-refractivity contribution is 5.89. The number of aliphatic carboxylic acids is 1. The molecule has 0 aliphatic heterocycles. The van der Waals surface area contributed by atoms with Gasteiger partial charge in [-0.1, -0.05) is 43.0 Å². The minimum atomic E-state index is -1.04. The lowest BCUT2D eigenvalue weighted by Gasteiger charge is -2.08. The first-order chi connectivity index (χ1) is 8.18. The molecule has 0 saturated heterocycles.